The molecule has 0 amide bonds. The predicted octanol–water partition coefficient (Wildman–Crippen LogP) is 3.02. The minimum absolute atomic E-state index is 0.0848. The third kappa shape index (κ3) is 2.86. The van der Waals surface area contributed by atoms with E-state index in [1.807, 2.05) is 41.4 Å². The van der Waals surface area contributed by atoms with Crippen molar-refractivity contribution in [1.29, 1.82) is 0 Å². The van der Waals surface area contributed by atoms with Gasteiger partial charge in [-0.2, -0.15) is 5.10 Å². The topological polar surface area (TPSA) is 69.8 Å². The fourth-order valence-corrected chi connectivity index (χ4v) is 5.50. The fourth-order valence-electron chi connectivity index (χ4n) is 3.81. The first-order valence-corrected chi connectivity index (χ1v) is 10.5. The summed E-state index contributed by atoms with van der Waals surface area (Å²) in [5, 5.41) is 4.67. The van der Waals surface area contributed by atoms with Crippen molar-refractivity contribution in [1.82, 2.24) is 19.3 Å². The van der Waals surface area contributed by atoms with E-state index in [0.717, 1.165) is 28.5 Å². The van der Waals surface area contributed by atoms with Gasteiger partial charge in [0.15, 0.2) is 9.84 Å². The van der Waals surface area contributed by atoms with Crippen molar-refractivity contribution in [3.05, 3.63) is 53.6 Å². The van der Waals surface area contributed by atoms with Crippen molar-refractivity contribution in [2.75, 3.05) is 11.5 Å². The van der Waals surface area contributed by atoms with Gasteiger partial charge in [-0.25, -0.2) is 13.4 Å². The van der Waals surface area contributed by atoms with Crippen molar-refractivity contribution in [3.63, 3.8) is 0 Å². The van der Waals surface area contributed by atoms with Gasteiger partial charge in [0.05, 0.1) is 34.6 Å². The lowest BCUT2D eigenvalue weighted by Crippen LogP contribution is -2.14. The van der Waals surface area contributed by atoms with Crippen LogP contribution < -0.4 is 0 Å². The van der Waals surface area contributed by atoms with Crippen molar-refractivity contribution in [2.45, 2.75) is 33.2 Å². The number of imidazole rings is 1. The quantitative estimate of drug-likeness (QED) is 0.711. The molecule has 0 saturated carbocycles. The van der Waals surface area contributed by atoms with Crippen molar-refractivity contribution < 1.29 is 8.42 Å². The van der Waals surface area contributed by atoms with Gasteiger partial charge in [-0.3, -0.25) is 9.25 Å². The predicted molar refractivity (Wildman–Crippen MR) is 101 cm³/mol. The number of aryl methyl sites for hydroxylation is 2. The number of hydrogen-bond donors (Lipinski definition) is 0. The minimum Gasteiger partial charge on any atom is -0.296 e. The monoisotopic (exact) mass is 370 g/mol. The Morgan fingerprint density at radius 1 is 1.19 bits per heavy atom. The molecule has 3 heterocycles. The molecule has 1 unspecified atom stereocenters. The van der Waals surface area contributed by atoms with Gasteiger partial charge in [-0.05, 0) is 33.3 Å². The molecule has 1 atom stereocenters. The second-order valence-corrected chi connectivity index (χ2v) is 9.24. The standard InChI is InChI=1S/C19H22N4O2S/c1-13-5-4-6-16(11-13)19-20-8-9-22(19)18-14(2)21-23(15(18)3)17-7-10-26(24,25)12-17/h4-6,8-9,11,17H,7,10,12H2,1-3H3. The maximum Gasteiger partial charge on any atom is 0.152 e. The second kappa shape index (κ2) is 6.09. The number of rotatable bonds is 3. The molecule has 6 nitrogen and oxygen atoms in total. The average Bonchev–Trinajstić information content (AvgIpc) is 3.25. The van der Waals surface area contributed by atoms with E-state index in [9.17, 15) is 8.42 Å². The summed E-state index contributed by atoms with van der Waals surface area (Å²) in [5.41, 5.74) is 5.04. The van der Waals surface area contributed by atoms with Crippen LogP contribution in [0.3, 0.4) is 0 Å². The summed E-state index contributed by atoms with van der Waals surface area (Å²) in [6.45, 7) is 6.02. The molecule has 1 aliphatic heterocycles. The minimum atomic E-state index is -2.95. The molecule has 3 aromatic rings. The zero-order chi connectivity index (χ0) is 18.5. The first kappa shape index (κ1) is 17.0. The van der Waals surface area contributed by atoms with E-state index in [0.29, 0.717) is 6.42 Å². The van der Waals surface area contributed by atoms with E-state index in [4.69, 9.17) is 0 Å². The largest absolute Gasteiger partial charge is 0.296 e. The highest BCUT2D eigenvalue weighted by Crippen LogP contribution is 2.30. The zero-order valence-corrected chi connectivity index (χ0v) is 16.0. The average molecular weight is 370 g/mol. The van der Waals surface area contributed by atoms with Crippen LogP contribution in [-0.2, 0) is 9.84 Å². The number of aromatic nitrogens is 4. The Balaban J connectivity index is 1.80. The van der Waals surface area contributed by atoms with Crippen LogP contribution in [0.1, 0.15) is 29.4 Å². The molecule has 0 bridgehead atoms. The Morgan fingerprint density at radius 2 is 2.00 bits per heavy atom. The summed E-state index contributed by atoms with van der Waals surface area (Å²) >= 11 is 0. The smallest absolute Gasteiger partial charge is 0.152 e. The van der Waals surface area contributed by atoms with E-state index in [2.05, 4.69) is 29.1 Å². The van der Waals surface area contributed by atoms with E-state index >= 15 is 0 Å². The van der Waals surface area contributed by atoms with Crippen LogP contribution in [0.4, 0.5) is 0 Å². The number of hydrogen-bond acceptors (Lipinski definition) is 4. The van der Waals surface area contributed by atoms with Crippen LogP contribution in [0.5, 0.6) is 0 Å². The van der Waals surface area contributed by atoms with Crippen LogP contribution in [0.25, 0.3) is 17.1 Å². The van der Waals surface area contributed by atoms with Gasteiger partial charge < -0.3 is 0 Å². The highest BCUT2D eigenvalue weighted by atomic mass is 32.2. The van der Waals surface area contributed by atoms with Gasteiger partial charge in [0.25, 0.3) is 0 Å². The Kier molecular flexibility index (Phi) is 3.99. The molecule has 1 fully saturated rings. The van der Waals surface area contributed by atoms with Crippen LogP contribution in [0, 0.1) is 20.8 Å². The summed E-state index contributed by atoms with van der Waals surface area (Å²) in [6, 6.07) is 8.16. The van der Waals surface area contributed by atoms with E-state index in [1.54, 1.807) is 6.20 Å². The fraction of sp³-hybridized carbons (Fsp3) is 0.368. The maximum absolute atomic E-state index is 11.9. The first-order valence-electron chi connectivity index (χ1n) is 8.72. The molecule has 0 spiro atoms. The van der Waals surface area contributed by atoms with Crippen LogP contribution >= 0.6 is 0 Å². The molecule has 0 radical (unpaired) electrons. The van der Waals surface area contributed by atoms with Gasteiger partial charge in [0.1, 0.15) is 5.82 Å². The highest BCUT2D eigenvalue weighted by molar-refractivity contribution is 7.91. The van der Waals surface area contributed by atoms with Crippen LogP contribution in [0.2, 0.25) is 0 Å². The summed E-state index contributed by atoms with van der Waals surface area (Å²) in [5.74, 6) is 1.27. The molecule has 1 saturated heterocycles. The van der Waals surface area contributed by atoms with E-state index in [1.165, 1.54) is 5.56 Å². The Labute approximate surface area is 153 Å². The molecule has 26 heavy (non-hydrogen) atoms. The van der Waals surface area contributed by atoms with E-state index < -0.39 is 9.84 Å². The Bertz CT molecular complexity index is 1080. The number of nitrogens with zero attached hydrogens (tertiary/aromatic N) is 4. The normalized spacial score (nSPS) is 19.1. The first-order chi connectivity index (χ1) is 12.4. The molecule has 136 valence electrons. The van der Waals surface area contributed by atoms with Gasteiger partial charge in [-0.15, -0.1) is 0 Å². The third-order valence-electron chi connectivity index (χ3n) is 5.00. The summed E-state index contributed by atoms with van der Waals surface area (Å²) in [4.78, 5) is 4.55. The molecule has 1 aliphatic rings. The van der Waals surface area contributed by atoms with Gasteiger partial charge in [0.2, 0.25) is 0 Å². The summed E-state index contributed by atoms with van der Waals surface area (Å²) in [7, 11) is -2.95. The molecule has 2 aromatic heterocycles. The summed E-state index contributed by atoms with van der Waals surface area (Å²) < 4.78 is 27.7. The van der Waals surface area contributed by atoms with Crippen molar-refractivity contribution >= 4 is 9.84 Å². The van der Waals surface area contributed by atoms with Crippen molar-refractivity contribution in [2.24, 2.45) is 0 Å². The number of sulfone groups is 1. The van der Waals surface area contributed by atoms with Crippen molar-refractivity contribution in [3.8, 4) is 17.1 Å². The van der Waals surface area contributed by atoms with Gasteiger partial charge in [-0.1, -0.05) is 23.8 Å². The molecular weight excluding hydrogens is 348 g/mol. The lowest BCUT2D eigenvalue weighted by molar-refractivity contribution is 0.486. The van der Waals surface area contributed by atoms with E-state index in [-0.39, 0.29) is 17.5 Å². The molecule has 0 N–H and O–H groups in total. The Morgan fingerprint density at radius 3 is 2.69 bits per heavy atom. The lowest BCUT2D eigenvalue weighted by atomic mass is 10.1. The van der Waals surface area contributed by atoms with Crippen LogP contribution in [-0.4, -0.2) is 39.3 Å². The SMILES string of the molecule is Cc1cccc(-c2nccn2-c2c(C)nn(C3CCS(=O)(=O)C3)c2C)c1. The molecule has 4 rings (SSSR count). The van der Waals surface area contributed by atoms with Crippen LogP contribution in [0.15, 0.2) is 36.7 Å². The molecule has 0 aliphatic carbocycles. The van der Waals surface area contributed by atoms with Gasteiger partial charge >= 0.3 is 0 Å². The molecule has 1 aromatic carbocycles. The second-order valence-electron chi connectivity index (χ2n) is 7.01. The molecule has 7 heteroatoms. The number of benzene rings is 1. The van der Waals surface area contributed by atoms with Gasteiger partial charge in [0, 0.05) is 18.0 Å². The molecular formula is C19H22N4O2S. The highest BCUT2D eigenvalue weighted by Gasteiger charge is 2.32. The zero-order valence-electron chi connectivity index (χ0n) is 15.2. The Hall–Kier alpha value is -2.41. The maximum atomic E-state index is 11.9. The summed E-state index contributed by atoms with van der Waals surface area (Å²) in [6.07, 6.45) is 4.34. The third-order valence-corrected chi connectivity index (χ3v) is 6.75. The lowest BCUT2D eigenvalue weighted by Gasteiger charge is -2.13.